The molecule has 1 aliphatic rings. The van der Waals surface area contributed by atoms with Crippen LogP contribution in [0.15, 0.2) is 24.3 Å². The molecule has 0 spiro atoms. The second-order valence-corrected chi connectivity index (χ2v) is 6.93. The second-order valence-electron chi connectivity index (χ2n) is 6.93. The topological polar surface area (TPSA) is 57.6 Å². The third-order valence-corrected chi connectivity index (χ3v) is 4.04. The molecule has 2 atom stereocenters. The molecule has 2 rings (SSSR count). The van der Waals surface area contributed by atoms with E-state index in [1.54, 1.807) is 11.9 Å². The molecule has 0 heterocycles. The van der Waals surface area contributed by atoms with Gasteiger partial charge in [0.2, 0.25) is 5.91 Å². The summed E-state index contributed by atoms with van der Waals surface area (Å²) in [6.07, 6.45) is 0.474. The summed E-state index contributed by atoms with van der Waals surface area (Å²) in [4.78, 5) is 24.6. The number of aliphatic carboxylic acids is 1. The van der Waals surface area contributed by atoms with Crippen molar-refractivity contribution in [3.8, 4) is 0 Å². The van der Waals surface area contributed by atoms with E-state index in [1.165, 1.54) is 5.56 Å². The van der Waals surface area contributed by atoms with Crippen molar-refractivity contribution < 1.29 is 14.7 Å². The van der Waals surface area contributed by atoms with Crippen molar-refractivity contribution in [2.75, 3.05) is 7.05 Å². The first-order chi connectivity index (χ1) is 9.70. The standard InChI is InChI=1S/C17H23NO3/c1-17(2,3)12-7-5-11(6-8-12)10-18(4)15(19)13-9-14(13)16(20)21/h5-8,13-14H,9-10H2,1-4H3,(H,20,21). The van der Waals surface area contributed by atoms with Crippen LogP contribution in [0, 0.1) is 11.8 Å². The van der Waals surface area contributed by atoms with E-state index >= 15 is 0 Å². The highest BCUT2D eigenvalue weighted by Gasteiger charge is 2.49. The second kappa shape index (κ2) is 5.51. The summed E-state index contributed by atoms with van der Waals surface area (Å²) in [5.74, 6) is -1.75. The fourth-order valence-electron chi connectivity index (χ4n) is 2.49. The zero-order chi connectivity index (χ0) is 15.8. The summed E-state index contributed by atoms with van der Waals surface area (Å²) in [6.45, 7) is 7.01. The third kappa shape index (κ3) is 3.63. The van der Waals surface area contributed by atoms with Crippen LogP contribution in [-0.4, -0.2) is 28.9 Å². The fourth-order valence-corrected chi connectivity index (χ4v) is 2.49. The molecule has 4 heteroatoms. The molecule has 1 aliphatic carbocycles. The number of hydrogen-bond donors (Lipinski definition) is 1. The fraction of sp³-hybridized carbons (Fsp3) is 0.529. The maximum atomic E-state index is 12.1. The zero-order valence-electron chi connectivity index (χ0n) is 13.1. The Labute approximate surface area is 125 Å². The molecule has 114 valence electrons. The Morgan fingerprint density at radius 3 is 2.19 bits per heavy atom. The maximum absolute atomic E-state index is 12.1. The number of hydrogen-bond acceptors (Lipinski definition) is 2. The normalized spacial score (nSPS) is 21.0. The highest BCUT2D eigenvalue weighted by molar-refractivity contribution is 5.89. The van der Waals surface area contributed by atoms with Gasteiger partial charge in [-0.25, -0.2) is 0 Å². The Balaban J connectivity index is 1.95. The van der Waals surface area contributed by atoms with Crippen molar-refractivity contribution in [2.45, 2.75) is 39.2 Å². The molecule has 0 bridgehead atoms. The number of benzene rings is 1. The van der Waals surface area contributed by atoms with Crippen LogP contribution in [0.3, 0.4) is 0 Å². The van der Waals surface area contributed by atoms with Gasteiger partial charge in [0.25, 0.3) is 0 Å². The van der Waals surface area contributed by atoms with Gasteiger partial charge in [0.05, 0.1) is 11.8 Å². The van der Waals surface area contributed by atoms with Gasteiger partial charge < -0.3 is 10.0 Å². The summed E-state index contributed by atoms with van der Waals surface area (Å²) >= 11 is 0. The van der Waals surface area contributed by atoms with E-state index in [2.05, 4.69) is 32.9 Å². The molecular weight excluding hydrogens is 266 g/mol. The SMILES string of the molecule is CN(Cc1ccc(C(C)(C)C)cc1)C(=O)C1CC1C(=O)O. The van der Waals surface area contributed by atoms with Crippen LogP contribution in [0.2, 0.25) is 0 Å². The Morgan fingerprint density at radius 1 is 1.19 bits per heavy atom. The Kier molecular flexibility index (Phi) is 4.08. The van der Waals surface area contributed by atoms with Crippen LogP contribution >= 0.6 is 0 Å². The van der Waals surface area contributed by atoms with E-state index in [0.717, 1.165) is 5.56 Å². The van der Waals surface area contributed by atoms with E-state index in [9.17, 15) is 9.59 Å². The average Bonchev–Trinajstić information content (AvgIpc) is 3.17. The number of rotatable bonds is 4. The first-order valence-electron chi connectivity index (χ1n) is 7.27. The highest BCUT2D eigenvalue weighted by Crippen LogP contribution is 2.40. The zero-order valence-corrected chi connectivity index (χ0v) is 13.1. The van der Waals surface area contributed by atoms with Crippen LogP contribution in [0.4, 0.5) is 0 Å². The summed E-state index contributed by atoms with van der Waals surface area (Å²) in [5, 5.41) is 8.88. The van der Waals surface area contributed by atoms with Crippen molar-refractivity contribution in [1.82, 2.24) is 4.90 Å². The minimum Gasteiger partial charge on any atom is -0.481 e. The quantitative estimate of drug-likeness (QED) is 0.927. The lowest BCUT2D eigenvalue weighted by molar-refractivity contribution is -0.141. The van der Waals surface area contributed by atoms with Gasteiger partial charge in [0.1, 0.15) is 0 Å². The number of amides is 1. The smallest absolute Gasteiger partial charge is 0.307 e. The van der Waals surface area contributed by atoms with E-state index in [0.29, 0.717) is 13.0 Å². The van der Waals surface area contributed by atoms with Crippen molar-refractivity contribution in [2.24, 2.45) is 11.8 Å². The molecular formula is C17H23NO3. The van der Waals surface area contributed by atoms with Gasteiger partial charge in [0, 0.05) is 13.6 Å². The Bertz CT molecular complexity index is 542. The molecule has 21 heavy (non-hydrogen) atoms. The lowest BCUT2D eigenvalue weighted by Gasteiger charge is -2.21. The first-order valence-corrected chi connectivity index (χ1v) is 7.27. The van der Waals surface area contributed by atoms with E-state index in [-0.39, 0.29) is 17.2 Å². The molecule has 1 amide bonds. The van der Waals surface area contributed by atoms with Crippen molar-refractivity contribution in [3.05, 3.63) is 35.4 Å². The van der Waals surface area contributed by atoms with Crippen LogP contribution < -0.4 is 0 Å². The Morgan fingerprint density at radius 2 is 1.76 bits per heavy atom. The molecule has 1 aromatic rings. The van der Waals surface area contributed by atoms with Gasteiger partial charge in [0.15, 0.2) is 0 Å². The molecule has 1 aromatic carbocycles. The van der Waals surface area contributed by atoms with Gasteiger partial charge >= 0.3 is 5.97 Å². The molecule has 1 N–H and O–H groups in total. The van der Waals surface area contributed by atoms with Gasteiger partial charge in [-0.15, -0.1) is 0 Å². The lowest BCUT2D eigenvalue weighted by Crippen LogP contribution is -2.28. The van der Waals surface area contributed by atoms with Gasteiger partial charge in [-0.2, -0.15) is 0 Å². The number of carbonyl (C=O) groups excluding carboxylic acids is 1. The largest absolute Gasteiger partial charge is 0.481 e. The van der Waals surface area contributed by atoms with Crippen molar-refractivity contribution in [1.29, 1.82) is 0 Å². The Hall–Kier alpha value is -1.84. The number of carboxylic acid groups (broad SMARTS) is 1. The molecule has 0 saturated heterocycles. The molecule has 0 aliphatic heterocycles. The lowest BCUT2D eigenvalue weighted by atomic mass is 9.87. The molecule has 4 nitrogen and oxygen atoms in total. The monoisotopic (exact) mass is 289 g/mol. The van der Waals surface area contributed by atoms with E-state index in [1.807, 2.05) is 12.1 Å². The molecule has 1 fully saturated rings. The minimum absolute atomic E-state index is 0.0673. The highest BCUT2D eigenvalue weighted by atomic mass is 16.4. The summed E-state index contributed by atoms with van der Waals surface area (Å²) in [5.41, 5.74) is 2.43. The van der Waals surface area contributed by atoms with Gasteiger partial charge in [-0.3, -0.25) is 9.59 Å². The van der Waals surface area contributed by atoms with Crippen molar-refractivity contribution >= 4 is 11.9 Å². The van der Waals surface area contributed by atoms with Crippen LogP contribution in [0.1, 0.15) is 38.3 Å². The van der Waals surface area contributed by atoms with Crippen LogP contribution in [0.25, 0.3) is 0 Å². The third-order valence-electron chi connectivity index (χ3n) is 4.04. The summed E-state index contributed by atoms with van der Waals surface area (Å²) in [6, 6.07) is 8.24. The predicted octanol–water partition coefficient (Wildman–Crippen LogP) is 2.66. The van der Waals surface area contributed by atoms with Gasteiger partial charge in [-0.1, -0.05) is 45.0 Å². The summed E-state index contributed by atoms with van der Waals surface area (Å²) < 4.78 is 0. The number of nitrogens with zero attached hydrogens (tertiary/aromatic N) is 1. The van der Waals surface area contributed by atoms with Crippen LogP contribution in [0.5, 0.6) is 0 Å². The average molecular weight is 289 g/mol. The molecule has 0 aromatic heterocycles. The summed E-state index contributed by atoms with van der Waals surface area (Å²) in [7, 11) is 1.73. The van der Waals surface area contributed by atoms with E-state index in [4.69, 9.17) is 5.11 Å². The maximum Gasteiger partial charge on any atom is 0.307 e. The molecule has 0 radical (unpaired) electrons. The minimum atomic E-state index is -0.865. The van der Waals surface area contributed by atoms with Crippen LogP contribution in [-0.2, 0) is 21.5 Å². The van der Waals surface area contributed by atoms with Crippen molar-refractivity contribution in [3.63, 3.8) is 0 Å². The van der Waals surface area contributed by atoms with E-state index < -0.39 is 11.9 Å². The molecule has 2 unspecified atom stereocenters. The number of carbonyl (C=O) groups is 2. The first kappa shape index (κ1) is 15.5. The predicted molar refractivity (Wildman–Crippen MR) is 80.8 cm³/mol. The van der Waals surface area contributed by atoms with Gasteiger partial charge in [-0.05, 0) is 23.0 Å². The number of carboxylic acids is 1. The molecule has 1 saturated carbocycles.